The molecule has 0 amide bonds. The van der Waals surface area contributed by atoms with E-state index in [0.29, 0.717) is 29.9 Å². The zero-order valence-electron chi connectivity index (χ0n) is 25.3. The highest BCUT2D eigenvalue weighted by atomic mass is 16.6. The second kappa shape index (κ2) is 11.6. The van der Waals surface area contributed by atoms with Crippen LogP contribution in [0.4, 0.5) is 17.1 Å². The fourth-order valence-corrected chi connectivity index (χ4v) is 6.42. The van der Waals surface area contributed by atoms with Gasteiger partial charge in [0.2, 0.25) is 0 Å². The largest absolute Gasteiger partial charge is 0.456 e. The number of nitrogens with zero attached hydrogens (tertiary/aromatic N) is 1. The van der Waals surface area contributed by atoms with Crippen LogP contribution in [-0.4, -0.2) is 24.8 Å². The van der Waals surface area contributed by atoms with Crippen molar-refractivity contribution >= 4 is 28.8 Å². The number of aryl methyl sites for hydroxylation is 2. The second-order valence-electron chi connectivity index (χ2n) is 11.3. The van der Waals surface area contributed by atoms with E-state index in [1.807, 2.05) is 74.5 Å². The van der Waals surface area contributed by atoms with Crippen LogP contribution in [0.25, 0.3) is 0 Å². The van der Waals surface area contributed by atoms with Crippen molar-refractivity contribution < 1.29 is 19.1 Å². The van der Waals surface area contributed by atoms with Crippen molar-refractivity contribution in [1.82, 2.24) is 0 Å². The fourth-order valence-electron chi connectivity index (χ4n) is 6.42. The molecule has 0 aromatic heterocycles. The van der Waals surface area contributed by atoms with Crippen LogP contribution in [0.2, 0.25) is 0 Å². The average Bonchev–Trinajstić information content (AvgIpc) is 3.32. The Balaban J connectivity index is 1.57. The van der Waals surface area contributed by atoms with Gasteiger partial charge in [0.05, 0.1) is 5.56 Å². The third kappa shape index (κ3) is 4.95. The third-order valence-corrected chi connectivity index (χ3v) is 8.71. The molecule has 2 aliphatic heterocycles. The highest BCUT2D eigenvalue weighted by molar-refractivity contribution is 5.97. The van der Waals surface area contributed by atoms with Crippen LogP contribution in [0.15, 0.2) is 78.9 Å². The molecule has 4 aromatic rings. The first-order valence-corrected chi connectivity index (χ1v) is 15.3. The number of hydrogen-bond acceptors (Lipinski definition) is 6. The molecule has 1 unspecified atom stereocenters. The number of para-hydroxylation sites is 1. The van der Waals surface area contributed by atoms with E-state index in [0.717, 1.165) is 70.8 Å². The fraction of sp³-hybridized carbons (Fsp3) is 0.297. The molecular formula is C37H38N2O4. The first-order chi connectivity index (χ1) is 20.9. The molecule has 0 saturated heterocycles. The zero-order valence-corrected chi connectivity index (χ0v) is 25.3. The zero-order chi connectivity index (χ0) is 30.1. The number of esters is 1. The van der Waals surface area contributed by atoms with E-state index in [1.165, 1.54) is 0 Å². The summed E-state index contributed by atoms with van der Waals surface area (Å²) in [5.41, 5.74) is 6.88. The summed E-state index contributed by atoms with van der Waals surface area (Å²) in [5.74, 6) is 1.26. The van der Waals surface area contributed by atoms with Crippen molar-refractivity contribution in [3.05, 3.63) is 112 Å². The van der Waals surface area contributed by atoms with E-state index < -0.39 is 5.60 Å². The maximum Gasteiger partial charge on any atom is 0.340 e. The van der Waals surface area contributed by atoms with Gasteiger partial charge in [-0.2, -0.15) is 0 Å². The molecule has 4 aromatic carbocycles. The van der Waals surface area contributed by atoms with E-state index in [9.17, 15) is 9.59 Å². The van der Waals surface area contributed by atoms with Gasteiger partial charge in [0.1, 0.15) is 17.3 Å². The summed E-state index contributed by atoms with van der Waals surface area (Å²) >= 11 is 0. The van der Waals surface area contributed by atoms with E-state index in [-0.39, 0.29) is 11.8 Å². The van der Waals surface area contributed by atoms with Crippen LogP contribution in [0.3, 0.4) is 0 Å². The first kappa shape index (κ1) is 28.5. The standard InChI is InChI=1S/C37H38N2O4/c1-5-27(40)17-13-14-25-21-30-35(23-33(25)39(6-2)7-3)42-34-20-24(4)32(38-26-15-9-8-10-16-26)22-31(34)37(30)29-19-12-11-18-28(29)36(41)43-37/h8-12,15-16,18-23,38H,5-7,13-14,17H2,1-4H3. The van der Waals surface area contributed by atoms with Gasteiger partial charge in [0.15, 0.2) is 5.60 Å². The molecule has 0 bridgehead atoms. The molecule has 1 N–H and O–H groups in total. The van der Waals surface area contributed by atoms with Gasteiger partial charge in [-0.3, -0.25) is 4.79 Å². The lowest BCUT2D eigenvalue weighted by Gasteiger charge is -2.38. The van der Waals surface area contributed by atoms with Gasteiger partial charge in [0, 0.05) is 65.8 Å². The Morgan fingerprint density at radius 1 is 0.860 bits per heavy atom. The molecule has 220 valence electrons. The van der Waals surface area contributed by atoms with Gasteiger partial charge in [0.25, 0.3) is 0 Å². The van der Waals surface area contributed by atoms with E-state index in [2.05, 4.69) is 42.3 Å². The molecule has 1 atom stereocenters. The molecule has 1 spiro atoms. The first-order valence-electron chi connectivity index (χ1n) is 15.3. The number of Topliss-reactive ketones (excluding diaryl/α,β-unsaturated/α-hetero) is 1. The van der Waals surface area contributed by atoms with Crippen molar-refractivity contribution in [3.63, 3.8) is 0 Å². The minimum absolute atomic E-state index is 0.267. The number of nitrogens with one attached hydrogen (secondary N) is 1. The summed E-state index contributed by atoms with van der Waals surface area (Å²) in [4.78, 5) is 28.0. The Hall–Kier alpha value is -4.58. The number of hydrogen-bond donors (Lipinski definition) is 1. The number of fused-ring (bicyclic) bond motifs is 6. The summed E-state index contributed by atoms with van der Waals surface area (Å²) in [6, 6.07) is 26.0. The third-order valence-electron chi connectivity index (χ3n) is 8.71. The van der Waals surface area contributed by atoms with Gasteiger partial charge < -0.3 is 19.7 Å². The van der Waals surface area contributed by atoms with Gasteiger partial charge in [-0.15, -0.1) is 0 Å². The molecule has 0 fully saturated rings. The monoisotopic (exact) mass is 574 g/mol. The SMILES string of the molecule is CCC(=O)CCCc1cc2c(cc1N(CC)CC)Oc1cc(C)c(Nc3ccccc3)cc1C21OC(=O)c2ccccc21. The van der Waals surface area contributed by atoms with Gasteiger partial charge >= 0.3 is 5.97 Å². The number of ketones is 1. The maximum absolute atomic E-state index is 13.5. The number of rotatable bonds is 10. The predicted octanol–water partition coefficient (Wildman–Crippen LogP) is 8.45. The van der Waals surface area contributed by atoms with Crippen molar-refractivity contribution in [2.24, 2.45) is 0 Å². The normalized spacial score (nSPS) is 16.1. The van der Waals surface area contributed by atoms with E-state index in [4.69, 9.17) is 9.47 Å². The molecule has 6 heteroatoms. The Morgan fingerprint density at radius 3 is 2.30 bits per heavy atom. The quantitative estimate of drug-likeness (QED) is 0.192. The number of ether oxygens (including phenoxy) is 2. The Morgan fingerprint density at radius 2 is 1.56 bits per heavy atom. The minimum atomic E-state index is -1.17. The van der Waals surface area contributed by atoms with Crippen molar-refractivity contribution in [3.8, 4) is 11.5 Å². The van der Waals surface area contributed by atoms with Crippen LogP contribution in [0, 0.1) is 6.92 Å². The highest BCUT2D eigenvalue weighted by Gasteiger charge is 2.54. The summed E-state index contributed by atoms with van der Waals surface area (Å²) in [6.45, 7) is 9.92. The van der Waals surface area contributed by atoms with Crippen LogP contribution in [0.1, 0.15) is 78.2 Å². The molecule has 6 nitrogen and oxygen atoms in total. The molecule has 43 heavy (non-hydrogen) atoms. The van der Waals surface area contributed by atoms with E-state index >= 15 is 0 Å². The number of anilines is 3. The molecule has 6 rings (SSSR count). The molecule has 2 aliphatic rings. The molecule has 2 heterocycles. The Bertz CT molecular complexity index is 1690. The number of carbonyl (C=O) groups is 2. The van der Waals surface area contributed by atoms with E-state index in [1.54, 1.807) is 0 Å². The summed E-state index contributed by atoms with van der Waals surface area (Å²) in [7, 11) is 0. The van der Waals surface area contributed by atoms with Crippen molar-refractivity contribution in [2.75, 3.05) is 23.3 Å². The maximum atomic E-state index is 13.5. The number of carbonyl (C=O) groups excluding carboxylic acids is 2. The minimum Gasteiger partial charge on any atom is -0.456 e. The second-order valence-corrected chi connectivity index (χ2v) is 11.3. The summed E-state index contributed by atoms with van der Waals surface area (Å²) < 4.78 is 13.2. The molecule has 0 radical (unpaired) electrons. The molecule has 0 saturated carbocycles. The van der Waals surface area contributed by atoms with Crippen molar-refractivity contribution in [2.45, 2.75) is 59.0 Å². The molecule has 0 aliphatic carbocycles. The lowest BCUT2D eigenvalue weighted by atomic mass is 9.76. The summed E-state index contributed by atoms with van der Waals surface area (Å²) in [6.07, 6.45) is 2.58. The van der Waals surface area contributed by atoms with Crippen LogP contribution in [-0.2, 0) is 21.6 Å². The van der Waals surface area contributed by atoms with Gasteiger partial charge in [-0.1, -0.05) is 43.3 Å². The Kier molecular flexibility index (Phi) is 7.70. The lowest BCUT2D eigenvalue weighted by Crippen LogP contribution is -2.34. The number of benzene rings is 4. The Labute approximate surface area is 253 Å². The highest BCUT2D eigenvalue weighted by Crippen LogP contribution is 2.58. The topological polar surface area (TPSA) is 67.9 Å². The van der Waals surface area contributed by atoms with Crippen LogP contribution >= 0.6 is 0 Å². The summed E-state index contributed by atoms with van der Waals surface area (Å²) in [5, 5.41) is 3.55. The average molecular weight is 575 g/mol. The van der Waals surface area contributed by atoms with Gasteiger partial charge in [-0.25, -0.2) is 4.79 Å². The predicted molar refractivity (Wildman–Crippen MR) is 171 cm³/mol. The van der Waals surface area contributed by atoms with Gasteiger partial charge in [-0.05, 0) is 81.1 Å². The smallest absolute Gasteiger partial charge is 0.340 e. The van der Waals surface area contributed by atoms with Crippen molar-refractivity contribution in [1.29, 1.82) is 0 Å². The van der Waals surface area contributed by atoms with Crippen LogP contribution in [0.5, 0.6) is 11.5 Å². The van der Waals surface area contributed by atoms with Crippen LogP contribution < -0.4 is 15.0 Å². The molecular weight excluding hydrogens is 536 g/mol. The lowest BCUT2D eigenvalue weighted by molar-refractivity contribution is -0.118.